The molecule has 0 radical (unpaired) electrons. The molecule has 1 aliphatic rings. The Balaban J connectivity index is 2.05. The Hall–Kier alpha value is -1.02. The van der Waals surface area contributed by atoms with Crippen LogP contribution in [-0.2, 0) is 0 Å². The van der Waals surface area contributed by atoms with Gasteiger partial charge >= 0.3 is 0 Å². The highest BCUT2D eigenvalue weighted by Crippen LogP contribution is 2.29. The summed E-state index contributed by atoms with van der Waals surface area (Å²) in [6.07, 6.45) is 5.42. The first kappa shape index (κ1) is 13.4. The lowest BCUT2D eigenvalue weighted by molar-refractivity contribution is 0.336. The molecule has 100 valence electrons. The number of nitrogens with zero attached hydrogens (tertiary/aromatic N) is 1. The summed E-state index contributed by atoms with van der Waals surface area (Å²) in [5, 5.41) is 0. The van der Waals surface area contributed by atoms with Crippen molar-refractivity contribution in [2.45, 2.75) is 51.6 Å². The van der Waals surface area contributed by atoms with Crippen molar-refractivity contribution in [1.82, 2.24) is 0 Å². The van der Waals surface area contributed by atoms with E-state index in [1.165, 1.54) is 36.9 Å². The van der Waals surface area contributed by atoms with Crippen LogP contribution in [0.2, 0.25) is 0 Å². The first-order chi connectivity index (χ1) is 8.58. The zero-order chi connectivity index (χ0) is 13.1. The number of hydrogen-bond acceptors (Lipinski definition) is 2. The van der Waals surface area contributed by atoms with Gasteiger partial charge in [-0.25, -0.2) is 0 Å². The Bertz CT molecular complexity index is 369. The lowest BCUT2D eigenvalue weighted by atomic mass is 9.86. The monoisotopic (exact) mass is 246 g/mol. The van der Waals surface area contributed by atoms with E-state index in [1.54, 1.807) is 0 Å². The third-order valence-corrected chi connectivity index (χ3v) is 4.28. The van der Waals surface area contributed by atoms with Gasteiger partial charge in [-0.15, -0.1) is 0 Å². The molecule has 1 aromatic rings. The van der Waals surface area contributed by atoms with E-state index >= 15 is 0 Å². The van der Waals surface area contributed by atoms with E-state index in [0.717, 1.165) is 5.92 Å². The van der Waals surface area contributed by atoms with E-state index < -0.39 is 0 Å². The van der Waals surface area contributed by atoms with Gasteiger partial charge in [0.05, 0.1) is 0 Å². The van der Waals surface area contributed by atoms with Gasteiger partial charge in [-0.1, -0.05) is 31.9 Å². The maximum Gasteiger partial charge on any atom is 0.0366 e. The average Bonchev–Trinajstić information content (AvgIpc) is 2.38. The van der Waals surface area contributed by atoms with Crippen LogP contribution >= 0.6 is 0 Å². The third-order valence-electron chi connectivity index (χ3n) is 4.28. The van der Waals surface area contributed by atoms with E-state index in [9.17, 15) is 0 Å². The van der Waals surface area contributed by atoms with Crippen LogP contribution in [0.4, 0.5) is 5.69 Å². The smallest absolute Gasteiger partial charge is 0.0366 e. The lowest BCUT2D eigenvalue weighted by Gasteiger charge is -2.35. The molecule has 0 heterocycles. The minimum atomic E-state index is 0.124. The second-order valence-electron chi connectivity index (χ2n) is 5.92. The highest BCUT2D eigenvalue weighted by atomic mass is 15.1. The van der Waals surface area contributed by atoms with E-state index in [-0.39, 0.29) is 6.04 Å². The molecular formula is C16H26N2. The van der Waals surface area contributed by atoms with Crippen LogP contribution < -0.4 is 10.6 Å². The summed E-state index contributed by atoms with van der Waals surface area (Å²) in [5.74, 6) is 0.870. The molecule has 3 atom stereocenters. The third kappa shape index (κ3) is 3.05. The molecule has 0 aliphatic heterocycles. The first-order valence-corrected chi connectivity index (χ1v) is 7.16. The molecule has 2 heteroatoms. The molecule has 2 rings (SSSR count). The Morgan fingerprint density at radius 3 is 2.44 bits per heavy atom. The maximum absolute atomic E-state index is 5.89. The van der Waals surface area contributed by atoms with Crippen molar-refractivity contribution in [2.24, 2.45) is 11.7 Å². The van der Waals surface area contributed by atoms with Crippen LogP contribution in [0.5, 0.6) is 0 Å². The molecule has 2 unspecified atom stereocenters. The maximum atomic E-state index is 5.89. The van der Waals surface area contributed by atoms with Crippen molar-refractivity contribution in [3.05, 3.63) is 29.8 Å². The highest BCUT2D eigenvalue weighted by molar-refractivity contribution is 5.48. The topological polar surface area (TPSA) is 29.3 Å². The lowest BCUT2D eigenvalue weighted by Crippen LogP contribution is -2.35. The molecule has 0 bridgehead atoms. The summed E-state index contributed by atoms with van der Waals surface area (Å²) in [5.41, 5.74) is 8.42. The fraction of sp³-hybridized carbons (Fsp3) is 0.625. The van der Waals surface area contributed by atoms with Crippen LogP contribution in [-0.4, -0.2) is 13.1 Å². The molecule has 2 N–H and O–H groups in total. The number of anilines is 1. The standard InChI is InChI=1S/C16H26N2/c1-12-5-4-6-16(11-12)18(3)15-9-7-14(8-10-15)13(2)17/h7-10,12-13,16H,4-6,11,17H2,1-3H3/t12?,13-,16?/m0/s1. The molecule has 1 saturated carbocycles. The summed E-state index contributed by atoms with van der Waals surface area (Å²) >= 11 is 0. The second kappa shape index (κ2) is 5.75. The van der Waals surface area contributed by atoms with Crippen molar-refractivity contribution < 1.29 is 0 Å². The predicted octanol–water partition coefficient (Wildman–Crippen LogP) is 3.72. The number of hydrogen-bond donors (Lipinski definition) is 1. The van der Waals surface area contributed by atoms with E-state index in [4.69, 9.17) is 5.73 Å². The minimum Gasteiger partial charge on any atom is -0.372 e. The summed E-state index contributed by atoms with van der Waals surface area (Å²) in [6.45, 7) is 4.40. The minimum absolute atomic E-state index is 0.124. The van der Waals surface area contributed by atoms with Gasteiger partial charge in [-0.2, -0.15) is 0 Å². The quantitative estimate of drug-likeness (QED) is 0.880. The average molecular weight is 246 g/mol. The SMILES string of the molecule is CC1CCCC(N(C)c2ccc([C@H](C)N)cc2)C1. The zero-order valence-corrected chi connectivity index (χ0v) is 11.9. The van der Waals surface area contributed by atoms with E-state index in [1.807, 2.05) is 6.92 Å². The fourth-order valence-electron chi connectivity index (χ4n) is 2.98. The second-order valence-corrected chi connectivity index (χ2v) is 5.92. The Kier molecular flexibility index (Phi) is 4.28. The van der Waals surface area contributed by atoms with Crippen molar-refractivity contribution >= 4 is 5.69 Å². The number of nitrogens with two attached hydrogens (primary N) is 1. The van der Waals surface area contributed by atoms with Gasteiger partial charge in [0.15, 0.2) is 0 Å². The van der Waals surface area contributed by atoms with Gasteiger partial charge in [-0.3, -0.25) is 0 Å². The van der Waals surface area contributed by atoms with Crippen molar-refractivity contribution in [1.29, 1.82) is 0 Å². The summed E-state index contributed by atoms with van der Waals surface area (Å²) in [4.78, 5) is 2.45. The normalized spacial score (nSPS) is 25.8. The molecule has 0 amide bonds. The van der Waals surface area contributed by atoms with Gasteiger partial charge in [-0.05, 0) is 43.4 Å². The molecule has 1 aliphatic carbocycles. The molecular weight excluding hydrogens is 220 g/mol. The Labute approximate surface area is 111 Å². The van der Waals surface area contributed by atoms with Crippen LogP contribution in [0.15, 0.2) is 24.3 Å². The Morgan fingerprint density at radius 1 is 1.22 bits per heavy atom. The molecule has 18 heavy (non-hydrogen) atoms. The van der Waals surface area contributed by atoms with Crippen LogP contribution in [0.1, 0.15) is 51.1 Å². The molecule has 1 fully saturated rings. The summed E-state index contributed by atoms with van der Waals surface area (Å²) < 4.78 is 0. The van der Waals surface area contributed by atoms with Gasteiger partial charge in [0, 0.05) is 24.8 Å². The van der Waals surface area contributed by atoms with Gasteiger partial charge in [0.2, 0.25) is 0 Å². The van der Waals surface area contributed by atoms with Crippen LogP contribution in [0, 0.1) is 5.92 Å². The highest BCUT2D eigenvalue weighted by Gasteiger charge is 2.22. The largest absolute Gasteiger partial charge is 0.372 e. The van der Waals surface area contributed by atoms with E-state index in [2.05, 4.69) is 43.1 Å². The number of benzene rings is 1. The van der Waals surface area contributed by atoms with Crippen LogP contribution in [0.3, 0.4) is 0 Å². The van der Waals surface area contributed by atoms with Gasteiger partial charge in [0.1, 0.15) is 0 Å². The zero-order valence-electron chi connectivity index (χ0n) is 11.9. The molecule has 0 spiro atoms. The summed E-state index contributed by atoms with van der Waals surface area (Å²) in [6, 6.07) is 9.55. The van der Waals surface area contributed by atoms with Gasteiger partial charge in [0.25, 0.3) is 0 Å². The number of rotatable bonds is 3. The summed E-state index contributed by atoms with van der Waals surface area (Å²) in [7, 11) is 2.23. The molecule has 0 aromatic heterocycles. The van der Waals surface area contributed by atoms with Crippen molar-refractivity contribution in [2.75, 3.05) is 11.9 Å². The van der Waals surface area contributed by atoms with E-state index in [0.29, 0.717) is 6.04 Å². The first-order valence-electron chi connectivity index (χ1n) is 7.16. The fourth-order valence-corrected chi connectivity index (χ4v) is 2.98. The van der Waals surface area contributed by atoms with Crippen molar-refractivity contribution in [3.63, 3.8) is 0 Å². The van der Waals surface area contributed by atoms with Crippen LogP contribution in [0.25, 0.3) is 0 Å². The molecule has 1 aromatic carbocycles. The molecule has 0 saturated heterocycles. The van der Waals surface area contributed by atoms with Crippen molar-refractivity contribution in [3.8, 4) is 0 Å². The van der Waals surface area contributed by atoms with Gasteiger partial charge < -0.3 is 10.6 Å². The predicted molar refractivity (Wildman–Crippen MR) is 78.9 cm³/mol. The Morgan fingerprint density at radius 2 is 1.89 bits per heavy atom. The molecule has 2 nitrogen and oxygen atoms in total.